The van der Waals surface area contributed by atoms with Crippen molar-refractivity contribution in [3.63, 3.8) is 0 Å². The second-order valence-corrected chi connectivity index (χ2v) is 6.54. The Labute approximate surface area is 141 Å². The van der Waals surface area contributed by atoms with Crippen molar-refractivity contribution in [1.82, 2.24) is 9.88 Å². The molecule has 1 unspecified atom stereocenters. The summed E-state index contributed by atoms with van der Waals surface area (Å²) in [6, 6.07) is 13.6. The Balaban J connectivity index is 1.84. The molecule has 0 radical (unpaired) electrons. The van der Waals surface area contributed by atoms with Gasteiger partial charge in [0.2, 0.25) is 0 Å². The maximum absolute atomic E-state index is 9.98. The lowest BCUT2D eigenvalue weighted by molar-refractivity contribution is 0.188. The van der Waals surface area contributed by atoms with Gasteiger partial charge in [0, 0.05) is 17.1 Å². The van der Waals surface area contributed by atoms with E-state index in [1.807, 2.05) is 12.1 Å². The average Bonchev–Trinajstić information content (AvgIpc) is 3.03. The largest absolute Gasteiger partial charge is 0.504 e. The highest BCUT2D eigenvalue weighted by Gasteiger charge is 2.26. The Hall–Kier alpha value is -2.46. The number of aromatic amines is 1. The van der Waals surface area contributed by atoms with E-state index >= 15 is 0 Å². The van der Waals surface area contributed by atoms with Gasteiger partial charge in [0.1, 0.15) is 0 Å². The van der Waals surface area contributed by atoms with Gasteiger partial charge in [-0.2, -0.15) is 0 Å². The first kappa shape index (κ1) is 15.1. The molecule has 0 spiro atoms. The summed E-state index contributed by atoms with van der Waals surface area (Å²) >= 11 is 0. The Morgan fingerprint density at radius 2 is 1.71 bits per heavy atom. The van der Waals surface area contributed by atoms with E-state index in [1.165, 1.54) is 30.2 Å². The number of nitrogens with zero attached hydrogens (tertiary/aromatic N) is 1. The van der Waals surface area contributed by atoms with E-state index in [0.29, 0.717) is 0 Å². The van der Waals surface area contributed by atoms with Crippen molar-refractivity contribution in [3.8, 4) is 11.5 Å². The number of hydrogen-bond donors (Lipinski definition) is 3. The number of phenols is 2. The number of rotatable bonds is 3. The number of hydrogen-bond acceptors (Lipinski definition) is 3. The van der Waals surface area contributed by atoms with Crippen molar-refractivity contribution in [3.05, 3.63) is 59.8 Å². The molecule has 1 aliphatic rings. The molecule has 0 aliphatic carbocycles. The van der Waals surface area contributed by atoms with E-state index in [9.17, 15) is 10.2 Å². The van der Waals surface area contributed by atoms with Crippen LogP contribution in [0.15, 0.2) is 48.7 Å². The summed E-state index contributed by atoms with van der Waals surface area (Å²) in [6.07, 6.45) is 5.75. The van der Waals surface area contributed by atoms with E-state index in [4.69, 9.17) is 0 Å². The number of fused-ring (bicyclic) bond motifs is 1. The van der Waals surface area contributed by atoms with Crippen LogP contribution in [0.25, 0.3) is 10.9 Å². The van der Waals surface area contributed by atoms with Crippen LogP contribution in [-0.4, -0.2) is 33.2 Å². The first-order valence-corrected chi connectivity index (χ1v) is 8.56. The topological polar surface area (TPSA) is 59.5 Å². The van der Waals surface area contributed by atoms with Gasteiger partial charge < -0.3 is 15.2 Å². The SMILES string of the molecule is Oc1ccc(C(c2c[nH]c3ccccc23)N2CCCCC2)cc1O. The summed E-state index contributed by atoms with van der Waals surface area (Å²) in [5.41, 5.74) is 3.35. The molecule has 0 saturated carbocycles. The first-order valence-electron chi connectivity index (χ1n) is 8.56. The van der Waals surface area contributed by atoms with Crippen molar-refractivity contribution >= 4 is 10.9 Å². The zero-order chi connectivity index (χ0) is 16.5. The molecule has 1 aromatic heterocycles. The predicted molar refractivity (Wildman–Crippen MR) is 95.3 cm³/mol. The Morgan fingerprint density at radius 1 is 0.917 bits per heavy atom. The molecule has 4 nitrogen and oxygen atoms in total. The van der Waals surface area contributed by atoms with E-state index in [1.54, 1.807) is 12.1 Å². The number of nitrogens with one attached hydrogen (secondary N) is 1. The minimum atomic E-state index is -0.0740. The summed E-state index contributed by atoms with van der Waals surface area (Å²) in [7, 11) is 0. The number of aromatic hydroxyl groups is 2. The summed E-state index contributed by atoms with van der Waals surface area (Å²) < 4.78 is 0. The lowest BCUT2D eigenvalue weighted by Gasteiger charge is -2.35. The maximum Gasteiger partial charge on any atom is 0.157 e. The minimum Gasteiger partial charge on any atom is -0.504 e. The van der Waals surface area contributed by atoms with Crippen LogP contribution in [-0.2, 0) is 0 Å². The number of likely N-dealkylation sites (tertiary alicyclic amines) is 1. The Bertz CT molecular complexity index is 850. The number of benzene rings is 2. The zero-order valence-corrected chi connectivity index (χ0v) is 13.6. The van der Waals surface area contributed by atoms with Crippen molar-refractivity contribution in [2.75, 3.05) is 13.1 Å². The van der Waals surface area contributed by atoms with Crippen LogP contribution in [0.1, 0.15) is 36.4 Å². The normalized spacial score (nSPS) is 17.2. The summed E-state index contributed by atoms with van der Waals surface area (Å²) in [5, 5.41) is 20.9. The van der Waals surface area contributed by atoms with Gasteiger partial charge >= 0.3 is 0 Å². The number of H-pyrrole nitrogens is 1. The minimum absolute atomic E-state index is 0.0608. The number of aromatic nitrogens is 1. The molecule has 1 fully saturated rings. The second kappa shape index (κ2) is 6.21. The predicted octanol–water partition coefficient (Wildman–Crippen LogP) is 4.15. The molecular weight excluding hydrogens is 300 g/mol. The molecule has 2 heterocycles. The molecule has 1 aliphatic heterocycles. The zero-order valence-electron chi connectivity index (χ0n) is 13.6. The van der Waals surface area contributed by atoms with Crippen LogP contribution in [0.2, 0.25) is 0 Å². The van der Waals surface area contributed by atoms with E-state index < -0.39 is 0 Å². The highest BCUT2D eigenvalue weighted by atomic mass is 16.3. The van der Waals surface area contributed by atoms with Gasteiger partial charge in [-0.05, 0) is 55.3 Å². The average molecular weight is 322 g/mol. The standard InChI is InChI=1S/C20H22N2O2/c23-18-9-8-14(12-19(18)24)20(22-10-4-1-5-11-22)16-13-21-17-7-3-2-6-15(16)17/h2-3,6-9,12-13,20-21,23-24H,1,4-5,10-11H2. The van der Waals surface area contributed by atoms with Crippen LogP contribution in [0.3, 0.4) is 0 Å². The van der Waals surface area contributed by atoms with Gasteiger partial charge in [-0.3, -0.25) is 4.90 Å². The molecule has 0 bridgehead atoms. The lowest BCUT2D eigenvalue weighted by atomic mass is 9.94. The van der Waals surface area contributed by atoms with E-state index in [-0.39, 0.29) is 17.5 Å². The van der Waals surface area contributed by atoms with Gasteiger partial charge in [-0.15, -0.1) is 0 Å². The van der Waals surface area contributed by atoms with Gasteiger partial charge in [-0.1, -0.05) is 30.7 Å². The number of piperidine rings is 1. The van der Waals surface area contributed by atoms with Gasteiger partial charge in [0.25, 0.3) is 0 Å². The third kappa shape index (κ3) is 2.63. The maximum atomic E-state index is 9.98. The summed E-state index contributed by atoms with van der Waals surface area (Å²) in [5.74, 6) is -0.135. The summed E-state index contributed by atoms with van der Waals surface area (Å²) in [4.78, 5) is 5.84. The highest BCUT2D eigenvalue weighted by Crippen LogP contribution is 2.38. The van der Waals surface area contributed by atoms with Gasteiger partial charge in [-0.25, -0.2) is 0 Å². The molecular formula is C20H22N2O2. The molecule has 2 aromatic carbocycles. The fourth-order valence-electron chi connectivity index (χ4n) is 3.79. The Morgan fingerprint density at radius 3 is 2.50 bits per heavy atom. The highest BCUT2D eigenvalue weighted by molar-refractivity contribution is 5.84. The molecule has 3 N–H and O–H groups in total. The van der Waals surface area contributed by atoms with Crippen LogP contribution >= 0.6 is 0 Å². The molecule has 24 heavy (non-hydrogen) atoms. The molecule has 0 amide bonds. The Kier molecular flexibility index (Phi) is 3.90. The van der Waals surface area contributed by atoms with E-state index in [0.717, 1.165) is 24.2 Å². The lowest BCUT2D eigenvalue weighted by Crippen LogP contribution is -2.34. The van der Waals surface area contributed by atoms with Crippen LogP contribution in [0.4, 0.5) is 0 Å². The first-order chi connectivity index (χ1) is 11.7. The molecule has 3 aromatic rings. The quantitative estimate of drug-likeness (QED) is 0.635. The van der Waals surface area contributed by atoms with Crippen LogP contribution in [0.5, 0.6) is 11.5 Å². The number of para-hydroxylation sites is 1. The van der Waals surface area contributed by atoms with Crippen LogP contribution in [0, 0.1) is 0 Å². The van der Waals surface area contributed by atoms with E-state index in [2.05, 4.69) is 34.3 Å². The van der Waals surface area contributed by atoms with Crippen molar-refractivity contribution in [2.24, 2.45) is 0 Å². The molecule has 4 rings (SSSR count). The molecule has 124 valence electrons. The third-order valence-electron chi connectivity index (χ3n) is 4.99. The van der Waals surface area contributed by atoms with Crippen LogP contribution < -0.4 is 0 Å². The van der Waals surface area contributed by atoms with Gasteiger partial charge in [0.05, 0.1) is 6.04 Å². The summed E-state index contributed by atoms with van der Waals surface area (Å²) in [6.45, 7) is 2.09. The third-order valence-corrected chi connectivity index (χ3v) is 4.99. The van der Waals surface area contributed by atoms with Crippen molar-refractivity contribution in [1.29, 1.82) is 0 Å². The molecule has 1 atom stereocenters. The smallest absolute Gasteiger partial charge is 0.157 e. The number of phenolic OH excluding ortho intramolecular Hbond substituents is 2. The monoisotopic (exact) mass is 322 g/mol. The fraction of sp³-hybridized carbons (Fsp3) is 0.300. The molecule has 4 heteroatoms. The van der Waals surface area contributed by atoms with Gasteiger partial charge in [0.15, 0.2) is 11.5 Å². The van der Waals surface area contributed by atoms with Crippen molar-refractivity contribution in [2.45, 2.75) is 25.3 Å². The second-order valence-electron chi connectivity index (χ2n) is 6.54. The van der Waals surface area contributed by atoms with Crippen molar-refractivity contribution < 1.29 is 10.2 Å². The molecule has 1 saturated heterocycles. The fourth-order valence-corrected chi connectivity index (χ4v) is 3.79.